The molecule has 4 rings (SSSR count). The van der Waals surface area contributed by atoms with E-state index >= 15 is 39.9 Å². The van der Waals surface area contributed by atoms with Gasteiger partial charge in [0.15, 0.2) is 34.9 Å². The molecule has 2 fully saturated rings. The van der Waals surface area contributed by atoms with Crippen LogP contribution >= 0.6 is 7.26 Å². The zero-order valence-corrected chi connectivity index (χ0v) is 28.1. The Bertz CT molecular complexity index is 1430. The van der Waals surface area contributed by atoms with Gasteiger partial charge in [-0.1, -0.05) is 42.5 Å². The molecule has 14 heteroatoms. The van der Waals surface area contributed by atoms with Gasteiger partial charge in [-0.25, -0.2) is 48.7 Å². The number of hydrogen-bond donors (Lipinski definition) is 0. The third-order valence-electron chi connectivity index (χ3n) is 10.3. The molecule has 3 atom stereocenters. The van der Waals surface area contributed by atoms with Crippen molar-refractivity contribution < 1.29 is 53.4 Å². The molecule has 2 aliphatic rings. The fraction of sp³-hybridized carbons (Fsp3) is 0.594. The van der Waals surface area contributed by atoms with Crippen molar-refractivity contribution in [3.05, 3.63) is 58.2 Å². The third-order valence-corrected chi connectivity index (χ3v) is 17.0. The van der Waals surface area contributed by atoms with Gasteiger partial charge in [0.05, 0.1) is 15.5 Å². The quantitative estimate of drug-likeness (QED) is 0.103. The maximum atomic E-state index is 16.1. The molecule has 0 heterocycles. The topological polar surface area (TPSA) is 26.3 Å². The number of hydrogen-bond acceptors (Lipinski definition) is 2. The van der Waals surface area contributed by atoms with Gasteiger partial charge in [0.1, 0.15) is 30.5 Å². The highest BCUT2D eigenvalue weighted by Gasteiger charge is 2.72. The summed E-state index contributed by atoms with van der Waals surface area (Å²) >= 11 is 0. The maximum absolute atomic E-state index is 16.1. The van der Waals surface area contributed by atoms with E-state index in [4.69, 9.17) is 4.65 Å². The van der Waals surface area contributed by atoms with Crippen LogP contribution in [0, 0.1) is 70.0 Å². The van der Waals surface area contributed by atoms with Crippen LogP contribution in [0.2, 0.25) is 5.82 Å². The fourth-order valence-electron chi connectivity index (χ4n) is 9.72. The molecule has 0 aromatic heterocycles. The van der Waals surface area contributed by atoms with Gasteiger partial charge in [0.2, 0.25) is 6.35 Å². The summed E-state index contributed by atoms with van der Waals surface area (Å²) in [6.45, 7) is 15.1. The average molecular weight is 686 g/mol. The second kappa shape index (κ2) is 11.4. The minimum Gasteiger partial charge on any atom is -0.650 e. The zero-order chi connectivity index (χ0) is 35.3. The minimum absolute atomic E-state index is 0.192. The van der Waals surface area contributed by atoms with Crippen LogP contribution in [0.25, 0.3) is 0 Å². The van der Waals surface area contributed by atoms with E-state index in [1.165, 1.54) is 0 Å². The number of halogens is 10. The summed E-state index contributed by atoms with van der Waals surface area (Å²) in [7, 11) is -3.52. The lowest BCUT2D eigenvalue weighted by molar-refractivity contribution is 0.219. The SMILES string of the molecule is CC(C)(C)[P+](C(=O)O[B-](c1c(F)c(F)c(F)c(F)c1F)(c1c(F)c(F)c(F)c(F)c1F)C1CC2CCC1C2)(C(C)(C)C)C(C)(C)C. The first-order chi connectivity index (χ1) is 20.8. The minimum atomic E-state index is -4.73. The van der Waals surface area contributed by atoms with Crippen molar-refractivity contribution in [1.29, 1.82) is 0 Å². The van der Waals surface area contributed by atoms with Crippen LogP contribution < -0.4 is 10.9 Å². The van der Waals surface area contributed by atoms with E-state index in [0.717, 1.165) is 0 Å². The molecule has 0 saturated heterocycles. The van der Waals surface area contributed by atoms with Gasteiger partial charge in [-0.05, 0) is 68.2 Å². The molecule has 0 amide bonds. The van der Waals surface area contributed by atoms with Crippen molar-refractivity contribution in [2.45, 2.75) is 109 Å². The van der Waals surface area contributed by atoms with E-state index in [1.54, 1.807) is 62.3 Å². The molecule has 0 aliphatic heterocycles. The zero-order valence-electron chi connectivity index (χ0n) is 27.2. The monoisotopic (exact) mass is 686 g/mol. The predicted molar refractivity (Wildman–Crippen MR) is 159 cm³/mol. The Kier molecular flexibility index (Phi) is 9.06. The predicted octanol–water partition coefficient (Wildman–Crippen LogP) is 9.88. The highest BCUT2D eigenvalue weighted by Crippen LogP contribution is 2.84. The molecule has 2 bridgehead atoms. The second-order valence-corrected chi connectivity index (χ2v) is 21.5. The van der Waals surface area contributed by atoms with E-state index in [0.29, 0.717) is 6.42 Å². The largest absolute Gasteiger partial charge is 0.650 e. The van der Waals surface area contributed by atoms with Crippen molar-refractivity contribution in [2.24, 2.45) is 11.8 Å². The Labute approximate surface area is 262 Å². The average Bonchev–Trinajstić information content (AvgIpc) is 3.55. The number of rotatable bonds is 5. The summed E-state index contributed by atoms with van der Waals surface area (Å²) in [4.78, 5) is 15.1. The molecule has 256 valence electrons. The normalized spacial score (nSPS) is 20.9. The first-order valence-corrected chi connectivity index (χ1v) is 16.9. The summed E-state index contributed by atoms with van der Waals surface area (Å²) in [5.41, 5.74) is -5.07. The lowest BCUT2D eigenvalue weighted by Gasteiger charge is -2.56. The molecule has 0 radical (unpaired) electrons. The van der Waals surface area contributed by atoms with Gasteiger partial charge in [0.25, 0.3) is 0 Å². The van der Waals surface area contributed by atoms with Crippen LogP contribution in [0.3, 0.4) is 0 Å². The Morgan fingerprint density at radius 1 is 0.565 bits per heavy atom. The molecule has 46 heavy (non-hydrogen) atoms. The van der Waals surface area contributed by atoms with Crippen LogP contribution in [0.15, 0.2) is 0 Å². The van der Waals surface area contributed by atoms with Crippen molar-refractivity contribution >= 4 is 30.2 Å². The van der Waals surface area contributed by atoms with Crippen LogP contribution in [0.5, 0.6) is 0 Å². The smallest absolute Gasteiger partial charge is 0.405 e. The summed E-state index contributed by atoms with van der Waals surface area (Å²) in [5.74, 6) is -28.3. The lowest BCUT2D eigenvalue weighted by Crippen LogP contribution is -2.70. The highest BCUT2D eigenvalue weighted by atomic mass is 31.2. The number of carbonyl (C=O) groups is 1. The van der Waals surface area contributed by atoms with Gasteiger partial charge in [-0.2, -0.15) is 0 Å². The first kappa shape index (κ1) is 36.5. The Hall–Kier alpha value is -2.30. The van der Waals surface area contributed by atoms with Crippen molar-refractivity contribution in [2.75, 3.05) is 0 Å². The van der Waals surface area contributed by atoms with Crippen LogP contribution in [-0.4, -0.2) is 27.5 Å². The number of fused-ring (bicyclic) bond motifs is 2. The molecule has 0 N–H and O–H groups in total. The van der Waals surface area contributed by atoms with Gasteiger partial charge in [-0.3, -0.25) is 0 Å². The van der Waals surface area contributed by atoms with Crippen LogP contribution in [-0.2, 0) is 4.65 Å². The van der Waals surface area contributed by atoms with Gasteiger partial charge < -0.3 is 4.65 Å². The number of benzene rings is 2. The standard InChI is InChI=1S/C32H38BF10O2P/c1-30(2,3)46(31(4,5)6,32(7,8)9)29(44)45-33(16-13-14-10-11-15(16)12-14,17-19(34)23(38)27(42)24(39)20(17)35)18-21(36)25(40)28(43)26(41)22(18)37/h14-16H,10-13H2,1-9H3. The molecule has 2 aromatic carbocycles. The summed E-state index contributed by atoms with van der Waals surface area (Å²) in [5, 5.41) is -3.07. The van der Waals surface area contributed by atoms with E-state index in [-0.39, 0.29) is 25.2 Å². The molecule has 2 aliphatic carbocycles. The molecule has 2 nitrogen and oxygen atoms in total. The second-order valence-electron chi connectivity index (χ2n) is 15.7. The maximum Gasteiger partial charge on any atom is 0.405 e. The van der Waals surface area contributed by atoms with Crippen LogP contribution in [0.1, 0.15) is 88.0 Å². The van der Waals surface area contributed by atoms with Gasteiger partial charge in [0, 0.05) is 0 Å². The van der Waals surface area contributed by atoms with E-state index in [2.05, 4.69) is 0 Å². The van der Waals surface area contributed by atoms with Crippen molar-refractivity contribution in [1.82, 2.24) is 0 Å². The molecule has 3 unspecified atom stereocenters. The van der Waals surface area contributed by atoms with Crippen LogP contribution in [0.4, 0.5) is 48.7 Å². The summed E-state index contributed by atoms with van der Waals surface area (Å²) in [6.07, 6.45) is -3.90. The number of carbonyl (C=O) groups excluding carboxylic acids is 1. The first-order valence-electron chi connectivity index (χ1n) is 15.1. The summed E-state index contributed by atoms with van der Waals surface area (Å²) in [6, 6.07) is 0. The Balaban J connectivity index is 2.31. The van der Waals surface area contributed by atoms with Gasteiger partial charge in [-0.15, -0.1) is 5.82 Å². The summed E-state index contributed by atoms with van der Waals surface area (Å²) < 4.78 is 159. The van der Waals surface area contributed by atoms with Crippen molar-refractivity contribution in [3.63, 3.8) is 0 Å². The molecule has 2 saturated carbocycles. The molecular weight excluding hydrogens is 648 g/mol. The molecule has 2 aromatic rings. The third kappa shape index (κ3) is 4.90. The Morgan fingerprint density at radius 3 is 1.15 bits per heavy atom. The van der Waals surface area contributed by atoms with E-state index < -0.39 is 116 Å². The lowest BCUT2D eigenvalue weighted by atomic mass is 9.23. The Morgan fingerprint density at radius 2 is 0.891 bits per heavy atom. The highest BCUT2D eigenvalue weighted by molar-refractivity contribution is 7.94. The fourth-order valence-corrected chi connectivity index (χ4v) is 17.7. The van der Waals surface area contributed by atoms with Gasteiger partial charge >= 0.3 is 5.71 Å². The molecule has 0 spiro atoms. The van der Waals surface area contributed by atoms with Crippen molar-refractivity contribution in [3.8, 4) is 0 Å². The van der Waals surface area contributed by atoms with E-state index in [9.17, 15) is 8.78 Å². The molecular formula is C32H38BF10O2P. The van der Waals surface area contributed by atoms with E-state index in [1.807, 2.05) is 0 Å².